The summed E-state index contributed by atoms with van der Waals surface area (Å²) in [7, 11) is 4.02. The van der Waals surface area contributed by atoms with Crippen molar-refractivity contribution >= 4 is 30.1 Å². The van der Waals surface area contributed by atoms with Crippen LogP contribution in [0.3, 0.4) is 0 Å². The van der Waals surface area contributed by atoms with Gasteiger partial charge in [-0.3, -0.25) is 4.98 Å². The van der Waals surface area contributed by atoms with Crippen LogP contribution in [0.25, 0.3) is 9.65 Å². The molecule has 140 valence electrons. The van der Waals surface area contributed by atoms with Crippen LogP contribution < -0.4 is 10.5 Å². The van der Waals surface area contributed by atoms with Gasteiger partial charge in [-0.2, -0.15) is 0 Å². The van der Waals surface area contributed by atoms with Crippen LogP contribution in [0.5, 0.6) is 0 Å². The topological polar surface area (TPSA) is 69.6 Å². The zero-order chi connectivity index (χ0) is 18.4. The summed E-state index contributed by atoms with van der Waals surface area (Å²) < 4.78 is 3.15. The number of anilines is 1. The van der Waals surface area contributed by atoms with Gasteiger partial charge in [-0.15, -0.1) is 0 Å². The molecule has 4 aromatic rings. The molecule has 0 aliphatic carbocycles. The summed E-state index contributed by atoms with van der Waals surface area (Å²) in [5, 5.41) is 0.878. The number of hydrogen-bond donors (Lipinski definition) is 0. The fraction of sp³-hybridized carbons (Fsp3) is 0.143. The predicted octanol–water partition coefficient (Wildman–Crippen LogP) is 2.43. The van der Waals surface area contributed by atoms with Crippen molar-refractivity contribution in [2.24, 2.45) is 0 Å². The molecule has 0 saturated heterocycles. The van der Waals surface area contributed by atoms with Crippen LogP contribution in [0.15, 0.2) is 83.9 Å². The van der Waals surface area contributed by atoms with E-state index in [1.807, 2.05) is 71.1 Å². The summed E-state index contributed by atoms with van der Waals surface area (Å²) in [5.74, 6) is 0. The van der Waals surface area contributed by atoms with Crippen molar-refractivity contribution < 1.29 is 5.48 Å². The monoisotopic (exact) mass is 429 g/mol. The van der Waals surface area contributed by atoms with Gasteiger partial charge in [0.2, 0.25) is 0 Å². The van der Waals surface area contributed by atoms with Gasteiger partial charge >= 0.3 is 105 Å². The number of benzene rings is 2. The minimum atomic E-state index is 0. The molecule has 2 heterocycles. The van der Waals surface area contributed by atoms with Gasteiger partial charge in [-0.25, -0.2) is 0 Å². The van der Waals surface area contributed by atoms with E-state index in [9.17, 15) is 4.79 Å². The number of aromatic nitrogens is 2. The van der Waals surface area contributed by atoms with Crippen molar-refractivity contribution in [3.63, 3.8) is 0 Å². The molecule has 2 aromatic carbocycles. The summed E-state index contributed by atoms with van der Waals surface area (Å²) >= 11 is 0.128. The third kappa shape index (κ3) is 5.41. The van der Waals surface area contributed by atoms with E-state index in [0.717, 1.165) is 5.39 Å². The predicted molar refractivity (Wildman–Crippen MR) is 113 cm³/mol. The first-order chi connectivity index (χ1) is 12.6. The van der Waals surface area contributed by atoms with Gasteiger partial charge in [0, 0.05) is 32.2 Å². The fourth-order valence-corrected chi connectivity index (χ4v) is 4.66. The van der Waals surface area contributed by atoms with E-state index in [-0.39, 0.29) is 25.8 Å². The number of nitrogens with zero attached hydrogens (tertiary/aromatic N) is 3. The van der Waals surface area contributed by atoms with E-state index in [1.54, 1.807) is 12.4 Å². The van der Waals surface area contributed by atoms with Crippen molar-refractivity contribution in [2.45, 2.75) is 6.54 Å². The molecule has 0 aliphatic rings. The Hall–Kier alpha value is -2.66. The average molecular weight is 428 g/mol. The van der Waals surface area contributed by atoms with E-state index in [1.165, 1.54) is 15.5 Å². The van der Waals surface area contributed by atoms with Gasteiger partial charge in [0.25, 0.3) is 0 Å². The molecule has 6 heteroatoms. The molecular weight excluding hydrogens is 405 g/mol. The molecule has 2 N–H and O–H groups in total. The fourth-order valence-electron chi connectivity index (χ4n) is 2.51. The Balaban J connectivity index is 0.000000224. The first kappa shape index (κ1) is 20.6. The molecule has 0 saturated carbocycles. The summed E-state index contributed by atoms with van der Waals surface area (Å²) in [4.78, 5) is 18.1. The Kier molecular flexibility index (Phi) is 7.55. The zero-order valence-electron chi connectivity index (χ0n) is 15.4. The maximum atomic E-state index is 12.1. The third-order valence-electron chi connectivity index (χ3n) is 3.90. The van der Waals surface area contributed by atoms with Crippen LogP contribution >= 0.6 is 0 Å². The molecule has 0 fully saturated rings. The molecule has 0 unspecified atom stereocenters. The Morgan fingerprint density at radius 1 is 0.926 bits per heavy atom. The van der Waals surface area contributed by atoms with E-state index in [2.05, 4.69) is 23.2 Å². The Labute approximate surface area is 164 Å². The second kappa shape index (κ2) is 9.88. The second-order valence-corrected chi connectivity index (χ2v) is 8.25. The second-order valence-electron chi connectivity index (χ2n) is 6.01. The normalized spacial score (nSPS) is 9.85. The maximum absolute atomic E-state index is 12.1. The van der Waals surface area contributed by atoms with Gasteiger partial charge in [0.15, 0.2) is 0 Å². The van der Waals surface area contributed by atoms with E-state index >= 15 is 0 Å². The first-order valence-electron chi connectivity index (χ1n) is 8.35. The summed E-state index contributed by atoms with van der Waals surface area (Å²) in [6, 6.07) is 22.0. The molecule has 4 rings (SSSR count). The number of hydrogen-bond acceptors (Lipinski definition) is 3. The van der Waals surface area contributed by atoms with Crippen LogP contribution in [0.4, 0.5) is 5.69 Å². The molecule has 0 aliphatic heterocycles. The molecular formula is C21H23N3O2Se. The van der Waals surface area contributed by atoms with Gasteiger partial charge in [-0.05, 0) is 12.1 Å². The van der Waals surface area contributed by atoms with E-state index in [0.29, 0.717) is 6.54 Å². The van der Waals surface area contributed by atoms with Crippen molar-refractivity contribution in [2.75, 3.05) is 19.0 Å². The molecule has 0 bridgehead atoms. The standard InChI is InChI=1S/C14H11NOSe.C7H10N2.H2O/c16-14-12-8-4-5-9-13(12)17-15(14)10-11-6-2-1-3-7-11;1-9(2)7-3-5-8-6-4-7;/h1-9H,10H2;3-6H,1-2H3;1H2. The molecule has 0 atom stereocenters. The number of fused-ring (bicyclic) bond motifs is 1. The summed E-state index contributed by atoms with van der Waals surface area (Å²) in [6.07, 6.45) is 3.57. The van der Waals surface area contributed by atoms with Crippen LogP contribution in [-0.2, 0) is 6.54 Å². The van der Waals surface area contributed by atoms with Crippen molar-refractivity contribution in [3.8, 4) is 0 Å². The van der Waals surface area contributed by atoms with Gasteiger partial charge in [-0.1, -0.05) is 0 Å². The van der Waals surface area contributed by atoms with E-state index in [4.69, 9.17) is 0 Å². The van der Waals surface area contributed by atoms with Gasteiger partial charge in [0.05, 0.1) is 0 Å². The van der Waals surface area contributed by atoms with Crippen LogP contribution in [0, 0.1) is 0 Å². The Morgan fingerprint density at radius 3 is 2.15 bits per heavy atom. The quantitative estimate of drug-likeness (QED) is 0.471. The first-order valence-corrected chi connectivity index (χ1v) is 9.97. The SMILES string of the molecule is CN(C)c1ccncc1.O.O=c1c2ccccc2[se]n1Cc1ccccc1. The van der Waals surface area contributed by atoms with Crippen molar-refractivity contribution in [1.29, 1.82) is 0 Å². The van der Waals surface area contributed by atoms with Crippen LogP contribution in [0.1, 0.15) is 5.56 Å². The molecule has 0 radical (unpaired) electrons. The van der Waals surface area contributed by atoms with Crippen molar-refractivity contribution in [1.82, 2.24) is 8.55 Å². The van der Waals surface area contributed by atoms with Crippen molar-refractivity contribution in [3.05, 3.63) is 95.0 Å². The summed E-state index contributed by atoms with van der Waals surface area (Å²) in [6.45, 7) is 0.717. The molecule has 0 amide bonds. The molecule has 27 heavy (non-hydrogen) atoms. The molecule has 0 spiro atoms. The average Bonchev–Trinajstić information content (AvgIpc) is 3.00. The molecule has 5 nitrogen and oxygen atoms in total. The Bertz CT molecular complexity index is 1010. The van der Waals surface area contributed by atoms with Gasteiger partial charge in [0.1, 0.15) is 0 Å². The van der Waals surface area contributed by atoms with Crippen LogP contribution in [0.2, 0.25) is 0 Å². The zero-order valence-corrected chi connectivity index (χ0v) is 17.1. The summed E-state index contributed by atoms with van der Waals surface area (Å²) in [5.41, 5.74) is 2.55. The van der Waals surface area contributed by atoms with E-state index < -0.39 is 0 Å². The number of pyridine rings is 1. The minimum absolute atomic E-state index is 0. The third-order valence-corrected chi connectivity index (χ3v) is 6.14. The van der Waals surface area contributed by atoms with Gasteiger partial charge < -0.3 is 10.4 Å². The van der Waals surface area contributed by atoms with Crippen LogP contribution in [-0.4, -0.2) is 42.9 Å². The molecule has 2 aromatic heterocycles. The Morgan fingerprint density at radius 2 is 1.56 bits per heavy atom. The number of rotatable bonds is 3.